The Balaban J connectivity index is 0.00000208. The number of guanidine groups is 1. The number of aliphatic imine (C=N–C) groups is 1. The summed E-state index contributed by atoms with van der Waals surface area (Å²) in [4.78, 5) is 4.68. The predicted molar refractivity (Wildman–Crippen MR) is 109 cm³/mol. The molecule has 24 heavy (non-hydrogen) atoms. The van der Waals surface area contributed by atoms with Gasteiger partial charge in [0.1, 0.15) is 0 Å². The highest BCUT2D eigenvalue weighted by Gasteiger charge is 2.11. The molecular formula is C18H24IN5. The normalized spacial score (nSPS) is 14.5. The lowest BCUT2D eigenvalue weighted by atomic mass is 10.2. The molecule has 1 aliphatic carbocycles. The summed E-state index contributed by atoms with van der Waals surface area (Å²) < 4.78 is 1.85. The Morgan fingerprint density at radius 1 is 1.25 bits per heavy atom. The van der Waals surface area contributed by atoms with E-state index in [1.807, 2.05) is 16.9 Å². The van der Waals surface area contributed by atoms with Gasteiger partial charge in [-0.2, -0.15) is 5.10 Å². The van der Waals surface area contributed by atoms with Crippen LogP contribution in [0.25, 0.3) is 5.69 Å². The molecule has 1 aromatic heterocycles. The third-order valence-electron chi connectivity index (χ3n) is 3.82. The van der Waals surface area contributed by atoms with E-state index in [2.05, 4.69) is 64.1 Å². The van der Waals surface area contributed by atoms with E-state index >= 15 is 0 Å². The first kappa shape index (κ1) is 18.5. The molecule has 5 nitrogen and oxygen atoms in total. The number of hydrogen-bond donors (Lipinski definition) is 2. The molecule has 0 saturated carbocycles. The molecule has 0 atom stereocenters. The Morgan fingerprint density at radius 2 is 2.00 bits per heavy atom. The molecule has 0 radical (unpaired) electrons. The van der Waals surface area contributed by atoms with Crippen molar-refractivity contribution in [3.63, 3.8) is 0 Å². The lowest BCUT2D eigenvalue weighted by molar-refractivity contribution is 0.633. The minimum atomic E-state index is 0. The number of rotatable bonds is 5. The number of aromatic nitrogens is 2. The van der Waals surface area contributed by atoms with Crippen molar-refractivity contribution in [1.82, 2.24) is 20.4 Å². The van der Waals surface area contributed by atoms with Crippen molar-refractivity contribution >= 4 is 29.9 Å². The first-order valence-corrected chi connectivity index (χ1v) is 8.14. The molecule has 2 N–H and O–H groups in total. The standard InChI is InChI=1S/C18H23N5.HI/c1-2-19-18(22-16-6-3-4-7-16)20-14-15-8-10-17(11-9-15)23-13-5-12-21-23;/h3-5,8-13,16H,2,6-7,14H2,1H3,(H2,19,20,22);1H. The van der Waals surface area contributed by atoms with Crippen LogP contribution in [0.15, 0.2) is 59.9 Å². The Hall–Kier alpha value is -1.83. The average molecular weight is 437 g/mol. The molecule has 1 aromatic carbocycles. The van der Waals surface area contributed by atoms with Gasteiger partial charge in [0.2, 0.25) is 0 Å². The molecular weight excluding hydrogens is 413 g/mol. The predicted octanol–water partition coefficient (Wildman–Crippen LogP) is 3.26. The van der Waals surface area contributed by atoms with Crippen molar-refractivity contribution in [3.8, 4) is 5.69 Å². The van der Waals surface area contributed by atoms with E-state index in [1.165, 1.54) is 5.56 Å². The first-order chi connectivity index (χ1) is 11.3. The number of benzene rings is 1. The summed E-state index contributed by atoms with van der Waals surface area (Å²) in [6, 6.07) is 10.7. The van der Waals surface area contributed by atoms with Gasteiger partial charge in [-0.05, 0) is 43.5 Å². The highest BCUT2D eigenvalue weighted by atomic mass is 127. The molecule has 2 aromatic rings. The van der Waals surface area contributed by atoms with Crippen molar-refractivity contribution in [2.75, 3.05) is 6.54 Å². The minimum Gasteiger partial charge on any atom is -0.357 e. The lowest BCUT2D eigenvalue weighted by Crippen LogP contribution is -2.42. The SMILES string of the molecule is CCNC(=NCc1ccc(-n2cccn2)cc1)NC1CC=CC1.I. The molecule has 1 heterocycles. The van der Waals surface area contributed by atoms with Gasteiger partial charge in [-0.3, -0.25) is 0 Å². The Morgan fingerprint density at radius 3 is 2.62 bits per heavy atom. The van der Waals surface area contributed by atoms with Gasteiger partial charge in [-0.25, -0.2) is 9.67 Å². The van der Waals surface area contributed by atoms with E-state index in [9.17, 15) is 0 Å². The van der Waals surface area contributed by atoms with Crippen molar-refractivity contribution in [2.45, 2.75) is 32.4 Å². The zero-order valence-corrected chi connectivity index (χ0v) is 16.2. The molecule has 0 saturated heterocycles. The molecule has 6 heteroatoms. The van der Waals surface area contributed by atoms with E-state index in [1.54, 1.807) is 6.20 Å². The van der Waals surface area contributed by atoms with Crippen LogP contribution in [0.2, 0.25) is 0 Å². The molecule has 0 spiro atoms. The van der Waals surface area contributed by atoms with Gasteiger partial charge in [0.05, 0.1) is 12.2 Å². The van der Waals surface area contributed by atoms with Crippen molar-refractivity contribution < 1.29 is 0 Å². The summed E-state index contributed by atoms with van der Waals surface area (Å²) in [5, 5.41) is 11.0. The van der Waals surface area contributed by atoms with Crippen LogP contribution in [0.4, 0.5) is 0 Å². The Kier molecular flexibility index (Phi) is 7.30. The van der Waals surface area contributed by atoms with Gasteiger partial charge in [0.15, 0.2) is 5.96 Å². The third kappa shape index (κ3) is 5.09. The second-order valence-electron chi connectivity index (χ2n) is 5.60. The van der Waals surface area contributed by atoms with E-state index in [0.717, 1.165) is 31.0 Å². The number of halogens is 1. The van der Waals surface area contributed by atoms with E-state index < -0.39 is 0 Å². The van der Waals surface area contributed by atoms with Crippen LogP contribution in [0, 0.1) is 0 Å². The molecule has 1 aliphatic rings. The van der Waals surface area contributed by atoms with Gasteiger partial charge in [-0.1, -0.05) is 24.3 Å². The minimum absolute atomic E-state index is 0. The van der Waals surface area contributed by atoms with E-state index in [0.29, 0.717) is 12.6 Å². The van der Waals surface area contributed by atoms with E-state index in [-0.39, 0.29) is 24.0 Å². The maximum Gasteiger partial charge on any atom is 0.191 e. The summed E-state index contributed by atoms with van der Waals surface area (Å²) in [6.07, 6.45) is 10.3. The molecule has 0 bridgehead atoms. The topological polar surface area (TPSA) is 54.2 Å². The van der Waals surface area contributed by atoms with Gasteiger partial charge in [-0.15, -0.1) is 24.0 Å². The summed E-state index contributed by atoms with van der Waals surface area (Å²) in [7, 11) is 0. The Labute approximate surface area is 160 Å². The highest BCUT2D eigenvalue weighted by molar-refractivity contribution is 14.0. The van der Waals surface area contributed by atoms with Gasteiger partial charge >= 0.3 is 0 Å². The van der Waals surface area contributed by atoms with Gasteiger partial charge in [0, 0.05) is 25.0 Å². The molecule has 128 valence electrons. The van der Waals surface area contributed by atoms with Crippen LogP contribution in [0.1, 0.15) is 25.3 Å². The first-order valence-electron chi connectivity index (χ1n) is 8.14. The largest absolute Gasteiger partial charge is 0.357 e. The monoisotopic (exact) mass is 437 g/mol. The molecule has 3 rings (SSSR count). The maximum absolute atomic E-state index is 4.68. The van der Waals surface area contributed by atoms with Gasteiger partial charge < -0.3 is 10.6 Å². The summed E-state index contributed by atoms with van der Waals surface area (Å²) >= 11 is 0. The Bertz CT molecular complexity index is 653. The average Bonchev–Trinajstić information content (AvgIpc) is 3.27. The highest BCUT2D eigenvalue weighted by Crippen LogP contribution is 2.11. The van der Waals surface area contributed by atoms with Crippen LogP contribution in [0.5, 0.6) is 0 Å². The van der Waals surface area contributed by atoms with E-state index in [4.69, 9.17) is 0 Å². The van der Waals surface area contributed by atoms with Gasteiger partial charge in [0.25, 0.3) is 0 Å². The van der Waals surface area contributed by atoms with Crippen LogP contribution >= 0.6 is 24.0 Å². The summed E-state index contributed by atoms with van der Waals surface area (Å²) in [6.45, 7) is 3.61. The fraction of sp³-hybridized carbons (Fsp3) is 0.333. The molecule has 0 amide bonds. The van der Waals surface area contributed by atoms with Crippen LogP contribution < -0.4 is 10.6 Å². The summed E-state index contributed by atoms with van der Waals surface area (Å²) in [5.41, 5.74) is 2.24. The quantitative estimate of drug-likeness (QED) is 0.327. The molecule has 0 unspecified atom stereocenters. The van der Waals surface area contributed by atoms with Crippen molar-refractivity contribution in [2.24, 2.45) is 4.99 Å². The molecule has 0 fully saturated rings. The zero-order chi connectivity index (χ0) is 15.9. The third-order valence-corrected chi connectivity index (χ3v) is 3.82. The van der Waals surface area contributed by atoms with Crippen LogP contribution in [-0.4, -0.2) is 28.3 Å². The second-order valence-corrected chi connectivity index (χ2v) is 5.60. The molecule has 0 aliphatic heterocycles. The fourth-order valence-electron chi connectivity index (χ4n) is 2.59. The second kappa shape index (κ2) is 9.46. The smallest absolute Gasteiger partial charge is 0.191 e. The van der Waals surface area contributed by atoms with Crippen molar-refractivity contribution in [3.05, 3.63) is 60.4 Å². The lowest BCUT2D eigenvalue weighted by Gasteiger charge is -2.16. The zero-order valence-electron chi connectivity index (χ0n) is 13.9. The number of nitrogens with one attached hydrogen (secondary N) is 2. The van der Waals surface area contributed by atoms with Crippen LogP contribution in [-0.2, 0) is 6.54 Å². The van der Waals surface area contributed by atoms with Crippen LogP contribution in [0.3, 0.4) is 0 Å². The van der Waals surface area contributed by atoms with Crippen molar-refractivity contribution in [1.29, 1.82) is 0 Å². The summed E-state index contributed by atoms with van der Waals surface area (Å²) in [5.74, 6) is 0.886. The fourth-order valence-corrected chi connectivity index (χ4v) is 2.59. The number of nitrogens with zero attached hydrogens (tertiary/aromatic N) is 3. The maximum atomic E-state index is 4.68. The number of hydrogen-bond acceptors (Lipinski definition) is 2.